The van der Waals surface area contributed by atoms with Crippen molar-refractivity contribution in [1.29, 1.82) is 0 Å². The number of thiol groups is 4. The smallest absolute Gasteiger partial charge is 0.322 e. The van der Waals surface area contributed by atoms with Crippen LogP contribution in [0.5, 0.6) is 0 Å². The third kappa shape index (κ3) is 40.3. The van der Waals surface area contributed by atoms with Crippen molar-refractivity contribution in [1.82, 2.24) is 115 Å². The molecule has 1 aliphatic rings. The molecule has 32 N–H and O–H groups in total. The van der Waals surface area contributed by atoms with Crippen molar-refractivity contribution in [2.45, 2.75) is 228 Å². The number of aromatic amines is 2. The number of aliphatic hydroxyl groups is 3. The van der Waals surface area contributed by atoms with E-state index in [0.29, 0.717) is 0 Å². The van der Waals surface area contributed by atoms with Crippen LogP contribution in [-0.2, 0) is 123 Å². The average molecular weight is 1990 g/mol. The van der Waals surface area contributed by atoms with Crippen LogP contribution in [0, 0.1) is 17.8 Å². The van der Waals surface area contributed by atoms with Crippen molar-refractivity contribution in [3.05, 3.63) is 36.4 Å². The molecule has 0 spiro atoms. The number of hydrogen-bond donors (Lipinski definition) is 32. The molecule has 1 fully saturated rings. The van der Waals surface area contributed by atoms with Crippen LogP contribution in [0.2, 0.25) is 0 Å². The van der Waals surface area contributed by atoms with E-state index in [0.717, 1.165) is 11.8 Å². The Morgan fingerprint density at radius 1 is 0.415 bits per heavy atom. The molecule has 2 aromatic rings. The van der Waals surface area contributed by atoms with E-state index in [1.54, 1.807) is 27.7 Å². The van der Waals surface area contributed by atoms with E-state index in [9.17, 15) is 131 Å². The zero-order valence-electron chi connectivity index (χ0n) is 74.6. The summed E-state index contributed by atoms with van der Waals surface area (Å²) in [6, 6.07) is -29.1. The van der Waals surface area contributed by atoms with Gasteiger partial charge in [0.05, 0.1) is 57.8 Å². The Balaban J connectivity index is 1.89. The monoisotopic (exact) mass is 1990 g/mol. The number of imidazole rings is 2. The molecule has 135 heavy (non-hydrogen) atoms. The second kappa shape index (κ2) is 58.6. The number of nitrogens with two attached hydrogens (primary N) is 4. The van der Waals surface area contributed by atoms with Crippen LogP contribution in [0.25, 0.3) is 0 Å². The Kier molecular flexibility index (Phi) is 50.6. The Morgan fingerprint density at radius 3 is 1.13 bits per heavy atom. The number of primary amides is 3. The number of carbonyl (C=O) groups excluding carboxylic acids is 21. The van der Waals surface area contributed by atoms with Gasteiger partial charge in [-0.3, -0.25) is 110 Å². The molecule has 58 heteroatoms. The first-order valence-corrected chi connectivity index (χ1v) is 44.7. The normalized spacial score (nSPS) is 16.1. The number of carboxylic acids is 2. The maximum Gasteiger partial charge on any atom is 0.322 e. The van der Waals surface area contributed by atoms with E-state index >= 15 is 0 Å². The van der Waals surface area contributed by atoms with Gasteiger partial charge in [-0.25, -0.2) is 9.97 Å². The van der Waals surface area contributed by atoms with Gasteiger partial charge in [-0.1, -0.05) is 41.5 Å². The first-order chi connectivity index (χ1) is 63.5. The number of hydrogen-bond acceptors (Lipinski definition) is 33. The lowest BCUT2D eigenvalue weighted by atomic mass is 10.0. The molecule has 0 aromatic carbocycles. The van der Waals surface area contributed by atoms with Gasteiger partial charge in [-0.2, -0.15) is 50.5 Å². The summed E-state index contributed by atoms with van der Waals surface area (Å²) in [6.45, 7) is 6.56. The number of nitrogens with zero attached hydrogens (tertiary/aromatic N) is 3. The summed E-state index contributed by atoms with van der Waals surface area (Å²) in [6.07, 6.45) is -2.41. The maximum atomic E-state index is 14.7. The van der Waals surface area contributed by atoms with Crippen molar-refractivity contribution < 1.29 is 136 Å². The van der Waals surface area contributed by atoms with Crippen LogP contribution in [0.3, 0.4) is 0 Å². The Bertz CT molecular complexity index is 4480. The van der Waals surface area contributed by atoms with Crippen molar-refractivity contribution in [2.24, 2.45) is 40.7 Å². The standard InChI is InChI=1S/C77H122N26O28S4/c1-32(2)13-39(89-65(119)41(15-36-21-82-30-85-36)92-71(125)50(28-134)100-75(129)59(34(5)6)101-74(128)52-9-8-12-103(52)77(131)45(19-55(81)109)95-69(123)47(25-105)97-72(126)49(27-133)99-70(124)48(26-132)87-56(110)20-78)63(117)88-38(10-11-57(111)112)62(116)91-42(16-37-22-83-31-86-37)66(120)96-46(24-104)68(122)93-44(18-54(80)108)67(121)90-40(14-33(3)4)64(118)98-51(29-135)73(127)102-60(35(7)106)76(130)94-43(17-53(79)107)61(115)84-23-58(113)114/h21-22,30-35,38-52,59-60,104-106,132-135H,8-20,23-29,78H2,1-7H3,(H2,79,107)(H2,80,108)(H2,81,109)(H,82,85)(H,83,86)(H,84,115)(H,87,110)(H,88,117)(H,89,119)(H,90,121)(H,91,116)(H,92,125)(H,93,122)(H,94,130)(H,95,123)(H,96,120)(H,97,126)(H,98,118)(H,99,124)(H,100,129)(H,101,128)(H,102,127)(H,111,112)(H,113,114)/t35-,38+,39+,40+,41+,42+,43+,44+,45+,46+,47+,48+,49+,50+,51+,52+,59+,60+/m1/s1. The molecule has 3 heterocycles. The number of carboxylic acid groups (broad SMARTS) is 2. The summed E-state index contributed by atoms with van der Waals surface area (Å²) in [4.78, 5) is 324. The lowest BCUT2D eigenvalue weighted by Crippen LogP contribution is -2.62. The molecule has 0 aliphatic carbocycles. The molecule has 1 aliphatic heterocycles. The molecular formula is C77H122N26O28S4. The summed E-state index contributed by atoms with van der Waals surface area (Å²) >= 11 is 16.5. The number of aliphatic carboxylic acids is 2. The van der Waals surface area contributed by atoms with Crippen LogP contribution < -0.4 is 113 Å². The number of nitrogens with one attached hydrogen (secondary N) is 19. The summed E-state index contributed by atoms with van der Waals surface area (Å²) in [5, 5.41) is 89.6. The van der Waals surface area contributed by atoms with E-state index in [1.807, 2.05) is 5.32 Å². The molecule has 0 unspecified atom stereocenters. The van der Waals surface area contributed by atoms with Gasteiger partial charge in [0.15, 0.2) is 0 Å². The van der Waals surface area contributed by atoms with Gasteiger partial charge in [0.1, 0.15) is 109 Å². The number of rotatable bonds is 61. The Labute approximate surface area is 794 Å². The number of aliphatic hydroxyl groups excluding tert-OH is 3. The quantitative estimate of drug-likeness (QED) is 0.0274. The molecule has 2 aromatic heterocycles. The van der Waals surface area contributed by atoms with Gasteiger partial charge in [-0.05, 0) is 56.8 Å². The third-order valence-corrected chi connectivity index (χ3v) is 21.4. The first-order valence-electron chi connectivity index (χ1n) is 42.2. The summed E-state index contributed by atoms with van der Waals surface area (Å²) in [5.74, 6) is -30.0. The molecular weight excluding hydrogens is 1870 g/mol. The van der Waals surface area contributed by atoms with Crippen LogP contribution in [0.15, 0.2) is 25.0 Å². The summed E-state index contributed by atoms with van der Waals surface area (Å²) < 4.78 is 0. The van der Waals surface area contributed by atoms with Gasteiger partial charge in [0.25, 0.3) is 0 Å². The van der Waals surface area contributed by atoms with Gasteiger partial charge in [0, 0.05) is 72.6 Å². The molecule has 752 valence electrons. The lowest BCUT2D eigenvalue weighted by Gasteiger charge is -2.31. The number of aromatic nitrogens is 4. The van der Waals surface area contributed by atoms with Crippen LogP contribution in [0.4, 0.5) is 0 Å². The highest BCUT2D eigenvalue weighted by Gasteiger charge is 2.44. The fraction of sp³-hybridized carbons (Fsp3) is 0.623. The van der Waals surface area contributed by atoms with Gasteiger partial charge < -0.3 is 154 Å². The molecule has 21 amide bonds. The average Bonchev–Trinajstić information content (AvgIpc) is 1.70. The first kappa shape index (κ1) is 117. The number of carbonyl (C=O) groups is 23. The van der Waals surface area contributed by atoms with E-state index in [2.05, 4.69) is 156 Å². The SMILES string of the molecule is CC(C)C[C@H](NC(=O)[C@H](Cc1cnc[nH]1)NC(=O)[C@H](CS)NC(=O)[C@@H](NC(=O)[C@@H]1CCCN1C(=O)[C@H](CC(N)=O)NC(=O)[C@H](CO)NC(=O)[C@H](CS)NC(=O)[C@H](CS)NC(=O)CN)C(C)C)C(=O)N[C@@H](CCC(=O)O)C(=O)N[C@@H](Cc1cnc[nH]1)C(=O)N[C@@H](CO)C(=O)N[C@@H](CC(N)=O)C(=O)N[C@@H](CC(C)C)C(=O)N[C@@H](CS)C(=O)N[C@H](C(=O)N[C@@H](CC(N)=O)C(=O)NCC(=O)O)[C@@H](C)O. The van der Waals surface area contributed by atoms with Crippen LogP contribution in [-0.4, -0.2) is 351 Å². The number of H-pyrrole nitrogens is 2. The van der Waals surface area contributed by atoms with E-state index in [1.165, 1.54) is 38.9 Å². The lowest BCUT2D eigenvalue weighted by molar-refractivity contribution is -0.143. The molecule has 0 saturated carbocycles. The Morgan fingerprint density at radius 2 is 0.748 bits per heavy atom. The minimum absolute atomic E-state index is 0.0382. The molecule has 1 saturated heterocycles. The molecule has 54 nitrogen and oxygen atoms in total. The zero-order valence-corrected chi connectivity index (χ0v) is 78.2. The minimum atomic E-state index is -2.08. The van der Waals surface area contributed by atoms with Gasteiger partial charge >= 0.3 is 11.9 Å². The van der Waals surface area contributed by atoms with Crippen molar-refractivity contribution >= 4 is 187 Å². The van der Waals surface area contributed by atoms with Crippen molar-refractivity contribution in [3.8, 4) is 0 Å². The zero-order chi connectivity index (χ0) is 102. The highest BCUT2D eigenvalue weighted by Crippen LogP contribution is 2.22. The largest absolute Gasteiger partial charge is 0.481 e. The summed E-state index contributed by atoms with van der Waals surface area (Å²) in [5.41, 5.74) is 21.9. The topological polar surface area (TPSA) is 863 Å². The van der Waals surface area contributed by atoms with E-state index in [-0.39, 0.29) is 55.1 Å². The number of amides is 21. The molecule has 3 rings (SSSR count). The van der Waals surface area contributed by atoms with Gasteiger partial charge in [0.2, 0.25) is 124 Å². The van der Waals surface area contributed by atoms with Crippen LogP contribution >= 0.6 is 50.5 Å². The fourth-order valence-electron chi connectivity index (χ4n) is 13.0. The predicted molar refractivity (Wildman–Crippen MR) is 483 cm³/mol. The second-order valence-electron chi connectivity index (χ2n) is 32.2. The van der Waals surface area contributed by atoms with Gasteiger partial charge in [-0.15, -0.1) is 0 Å². The Hall–Kier alpha value is -12.5. The van der Waals surface area contributed by atoms with E-state index < -0.39 is 345 Å². The second-order valence-corrected chi connectivity index (χ2v) is 33.7. The maximum absolute atomic E-state index is 14.7. The van der Waals surface area contributed by atoms with Crippen molar-refractivity contribution in [3.63, 3.8) is 0 Å². The summed E-state index contributed by atoms with van der Waals surface area (Å²) in [7, 11) is 0. The fourth-order valence-corrected chi connectivity index (χ4v) is 14.0. The highest BCUT2D eigenvalue weighted by molar-refractivity contribution is 7.80. The molecule has 0 radical (unpaired) electrons. The molecule has 18 atom stereocenters. The third-order valence-electron chi connectivity index (χ3n) is 19.9. The predicted octanol–water partition coefficient (Wildman–Crippen LogP) is -13.9. The number of likely N-dealkylation sites (tertiary alicyclic amines) is 1. The minimum Gasteiger partial charge on any atom is -0.481 e. The highest BCUT2D eigenvalue weighted by atomic mass is 32.1. The van der Waals surface area contributed by atoms with Crippen molar-refractivity contribution in [2.75, 3.05) is 55.9 Å². The molecule has 0 bridgehead atoms. The van der Waals surface area contributed by atoms with Crippen LogP contribution in [0.1, 0.15) is 118 Å². The van der Waals surface area contributed by atoms with E-state index in [4.69, 9.17) is 28.0 Å².